The first-order valence-corrected chi connectivity index (χ1v) is 11.4. The van der Waals surface area contributed by atoms with Crippen LogP contribution in [0.15, 0.2) is 69.2 Å². The second-order valence-corrected chi connectivity index (χ2v) is 9.57. The molecule has 0 atom stereocenters. The summed E-state index contributed by atoms with van der Waals surface area (Å²) in [7, 11) is -4.06. The summed E-state index contributed by atoms with van der Waals surface area (Å²) in [6.07, 6.45) is 0. The van der Waals surface area contributed by atoms with Crippen molar-refractivity contribution in [3.63, 3.8) is 0 Å². The van der Waals surface area contributed by atoms with Gasteiger partial charge in [-0.3, -0.25) is 14.4 Å². The maximum atomic E-state index is 13.2. The van der Waals surface area contributed by atoms with Gasteiger partial charge in [-0.25, -0.2) is 8.42 Å². The van der Waals surface area contributed by atoms with Gasteiger partial charge in [0, 0.05) is 16.9 Å². The Kier molecular flexibility index (Phi) is 6.45. The summed E-state index contributed by atoms with van der Waals surface area (Å²) in [4.78, 5) is 36.8. The van der Waals surface area contributed by atoms with Gasteiger partial charge in [0.1, 0.15) is 11.4 Å². The van der Waals surface area contributed by atoms with Crippen molar-refractivity contribution in [2.24, 2.45) is 0 Å². The summed E-state index contributed by atoms with van der Waals surface area (Å²) in [5, 5.41) is 2.66. The third-order valence-electron chi connectivity index (χ3n) is 5.13. The normalized spacial score (nSPS) is 11.2. The van der Waals surface area contributed by atoms with Crippen molar-refractivity contribution in [3.05, 3.63) is 87.3 Å². The number of carbonyl (C=O) groups is 2. The Balaban J connectivity index is 1.94. The van der Waals surface area contributed by atoms with Gasteiger partial charge in [0.2, 0.25) is 15.7 Å². The molecule has 0 fully saturated rings. The number of rotatable bonds is 6. The highest BCUT2D eigenvalue weighted by molar-refractivity contribution is 7.91. The highest BCUT2D eigenvalue weighted by Crippen LogP contribution is 2.22. The van der Waals surface area contributed by atoms with E-state index in [0.717, 1.165) is 10.1 Å². The Morgan fingerprint density at radius 2 is 1.53 bits per heavy atom. The highest BCUT2D eigenvalue weighted by atomic mass is 32.2. The maximum absolute atomic E-state index is 13.2. The minimum Gasteiger partial charge on any atom is -0.325 e. The van der Waals surface area contributed by atoms with E-state index in [9.17, 15) is 22.8 Å². The number of aromatic nitrogens is 1. The molecule has 3 rings (SSSR count). The molecule has 0 spiro atoms. The molecule has 32 heavy (non-hydrogen) atoms. The van der Waals surface area contributed by atoms with Crippen LogP contribution < -0.4 is 10.9 Å². The molecule has 8 heteroatoms. The number of pyridine rings is 1. The van der Waals surface area contributed by atoms with Gasteiger partial charge in [0.15, 0.2) is 5.78 Å². The molecule has 166 valence electrons. The lowest BCUT2D eigenvalue weighted by atomic mass is 10.1. The molecule has 7 nitrogen and oxygen atoms in total. The van der Waals surface area contributed by atoms with E-state index < -0.39 is 21.3 Å². The lowest BCUT2D eigenvalue weighted by Gasteiger charge is -2.15. The number of hydrogen-bond donors (Lipinski definition) is 1. The fourth-order valence-electron chi connectivity index (χ4n) is 3.40. The van der Waals surface area contributed by atoms with Crippen LogP contribution in [0.5, 0.6) is 0 Å². The number of nitrogens with one attached hydrogen (secondary N) is 1. The standard InChI is InChI=1S/C24H24N2O5S/c1-15-5-11-21(12-6-15)32(30,31)23-16(2)13-17(3)26(24(23)29)14-22(28)25-20-9-7-19(8-10-20)18(4)27/h5-13H,14H2,1-4H3,(H,25,28). The predicted octanol–water partition coefficient (Wildman–Crippen LogP) is 3.45. The number of ketones is 1. The maximum Gasteiger partial charge on any atom is 0.270 e. The number of sulfone groups is 1. The molecular formula is C24H24N2O5S. The molecule has 1 aromatic heterocycles. The third kappa shape index (κ3) is 4.70. The van der Waals surface area contributed by atoms with E-state index >= 15 is 0 Å². The van der Waals surface area contributed by atoms with Crippen LogP contribution in [0.1, 0.15) is 34.1 Å². The van der Waals surface area contributed by atoms with Gasteiger partial charge in [0.05, 0.1) is 4.90 Å². The summed E-state index contributed by atoms with van der Waals surface area (Å²) in [6, 6.07) is 14.2. The Morgan fingerprint density at radius 3 is 2.09 bits per heavy atom. The van der Waals surface area contributed by atoms with E-state index in [0.29, 0.717) is 22.5 Å². The van der Waals surface area contributed by atoms with Gasteiger partial charge < -0.3 is 9.88 Å². The number of hydrogen-bond acceptors (Lipinski definition) is 5. The predicted molar refractivity (Wildman–Crippen MR) is 122 cm³/mol. The van der Waals surface area contributed by atoms with Gasteiger partial charge >= 0.3 is 0 Å². The van der Waals surface area contributed by atoms with Crippen LogP contribution in [0.25, 0.3) is 0 Å². The lowest BCUT2D eigenvalue weighted by molar-refractivity contribution is -0.116. The molecule has 0 aliphatic carbocycles. The molecule has 1 N–H and O–H groups in total. The van der Waals surface area contributed by atoms with Gasteiger partial charge in [-0.2, -0.15) is 0 Å². The average molecular weight is 453 g/mol. The summed E-state index contributed by atoms with van der Waals surface area (Å²) >= 11 is 0. The first-order chi connectivity index (χ1) is 15.0. The first kappa shape index (κ1) is 23.1. The van der Waals surface area contributed by atoms with E-state index in [1.807, 2.05) is 6.92 Å². The number of amides is 1. The average Bonchev–Trinajstić information content (AvgIpc) is 2.71. The van der Waals surface area contributed by atoms with E-state index in [1.165, 1.54) is 19.1 Å². The fraction of sp³-hybridized carbons (Fsp3) is 0.208. The van der Waals surface area contributed by atoms with Gasteiger partial charge in [0.25, 0.3) is 5.56 Å². The van der Waals surface area contributed by atoms with Crippen molar-refractivity contribution in [3.8, 4) is 0 Å². The van der Waals surface area contributed by atoms with Crippen LogP contribution in [0.3, 0.4) is 0 Å². The SMILES string of the molecule is CC(=O)c1ccc(NC(=O)Cn2c(C)cc(C)c(S(=O)(=O)c3ccc(C)cc3)c2=O)cc1. The van der Waals surface area contributed by atoms with Crippen LogP contribution >= 0.6 is 0 Å². The minimum atomic E-state index is -4.06. The Bertz CT molecular complexity index is 1350. The molecule has 0 radical (unpaired) electrons. The molecule has 0 unspecified atom stereocenters. The number of anilines is 1. The van der Waals surface area contributed by atoms with Crippen LogP contribution in [0.4, 0.5) is 5.69 Å². The molecular weight excluding hydrogens is 428 g/mol. The Hall–Kier alpha value is -3.52. The Morgan fingerprint density at radius 1 is 0.938 bits per heavy atom. The number of benzene rings is 2. The van der Waals surface area contributed by atoms with Gasteiger partial charge in [-0.05, 0) is 75.7 Å². The molecule has 0 aliphatic heterocycles. The molecule has 2 aromatic carbocycles. The summed E-state index contributed by atoms with van der Waals surface area (Å²) in [5.41, 5.74) is 1.92. The zero-order valence-electron chi connectivity index (χ0n) is 18.3. The largest absolute Gasteiger partial charge is 0.325 e. The number of Topliss-reactive ketones (excluding diaryl/α,β-unsaturated/α-hetero) is 1. The number of aryl methyl sites for hydroxylation is 3. The van der Waals surface area contributed by atoms with Crippen molar-refractivity contribution in [2.75, 3.05) is 5.32 Å². The molecule has 1 amide bonds. The van der Waals surface area contributed by atoms with Crippen molar-refractivity contribution < 1.29 is 18.0 Å². The topological polar surface area (TPSA) is 102 Å². The number of carbonyl (C=O) groups excluding carboxylic acids is 2. The van der Waals surface area contributed by atoms with E-state index in [-0.39, 0.29) is 22.1 Å². The monoisotopic (exact) mass is 452 g/mol. The van der Waals surface area contributed by atoms with Gasteiger partial charge in [-0.1, -0.05) is 17.7 Å². The van der Waals surface area contributed by atoms with Crippen LogP contribution in [0, 0.1) is 20.8 Å². The van der Waals surface area contributed by atoms with E-state index in [2.05, 4.69) is 5.32 Å². The van der Waals surface area contributed by atoms with Gasteiger partial charge in [-0.15, -0.1) is 0 Å². The van der Waals surface area contributed by atoms with Crippen molar-refractivity contribution in [1.82, 2.24) is 4.57 Å². The van der Waals surface area contributed by atoms with Crippen molar-refractivity contribution in [2.45, 2.75) is 44.0 Å². The molecule has 0 bridgehead atoms. The molecule has 1 heterocycles. The van der Waals surface area contributed by atoms with Crippen LogP contribution in [-0.4, -0.2) is 24.7 Å². The quantitative estimate of drug-likeness (QED) is 0.577. The summed E-state index contributed by atoms with van der Waals surface area (Å²) in [5.74, 6) is -0.583. The smallest absolute Gasteiger partial charge is 0.270 e. The van der Waals surface area contributed by atoms with E-state index in [4.69, 9.17) is 0 Å². The zero-order valence-corrected chi connectivity index (χ0v) is 19.1. The van der Waals surface area contributed by atoms with Crippen molar-refractivity contribution >= 4 is 27.2 Å². The van der Waals surface area contributed by atoms with E-state index in [1.54, 1.807) is 56.3 Å². The third-order valence-corrected chi connectivity index (χ3v) is 7.05. The highest BCUT2D eigenvalue weighted by Gasteiger charge is 2.26. The Labute approximate surface area is 186 Å². The summed E-state index contributed by atoms with van der Waals surface area (Å²) < 4.78 is 27.5. The molecule has 0 saturated carbocycles. The van der Waals surface area contributed by atoms with Crippen LogP contribution in [0.2, 0.25) is 0 Å². The van der Waals surface area contributed by atoms with Crippen molar-refractivity contribution in [1.29, 1.82) is 0 Å². The molecule has 3 aromatic rings. The fourth-order valence-corrected chi connectivity index (χ4v) is 4.95. The summed E-state index contributed by atoms with van der Waals surface area (Å²) in [6.45, 7) is 6.15. The first-order valence-electron chi connectivity index (χ1n) is 9.94. The minimum absolute atomic E-state index is 0.0220. The molecule has 0 aliphatic rings. The second kappa shape index (κ2) is 8.92. The second-order valence-electron chi connectivity index (χ2n) is 7.69. The molecule has 0 saturated heterocycles. The lowest BCUT2D eigenvalue weighted by Crippen LogP contribution is -2.33. The zero-order chi connectivity index (χ0) is 23.6. The van der Waals surface area contributed by atoms with Crippen LogP contribution in [-0.2, 0) is 21.2 Å². The number of nitrogens with zero attached hydrogens (tertiary/aromatic N) is 1.